The van der Waals surface area contributed by atoms with Gasteiger partial charge in [0.1, 0.15) is 5.82 Å². The van der Waals surface area contributed by atoms with Crippen molar-refractivity contribution in [2.24, 2.45) is 0 Å². The van der Waals surface area contributed by atoms with Gasteiger partial charge in [0.25, 0.3) is 0 Å². The van der Waals surface area contributed by atoms with Crippen LogP contribution in [0.4, 0.5) is 8.78 Å². The van der Waals surface area contributed by atoms with E-state index in [2.05, 4.69) is 19.9 Å². The zero-order valence-electron chi connectivity index (χ0n) is 15.6. The standard InChI is InChI=1S/C18H24F2N4O2S/c1-18(2,3)27(25,26)24-13-7-4-11(5-8-13)16-21-17(23-22-16)12-6-9-14(19)15(20)10-12/h6,9-11,13,24H,4-5,7-8H2,1-3H3,(H,21,22,23)/t11-,13-. The molecule has 0 amide bonds. The van der Waals surface area contributed by atoms with Gasteiger partial charge in [0.15, 0.2) is 17.5 Å². The normalized spacial score (nSPS) is 21.4. The third-order valence-corrected chi connectivity index (χ3v) is 7.18. The van der Waals surface area contributed by atoms with E-state index in [1.165, 1.54) is 6.07 Å². The molecule has 3 rings (SSSR count). The van der Waals surface area contributed by atoms with Crippen LogP contribution in [0.3, 0.4) is 0 Å². The Morgan fingerprint density at radius 3 is 2.37 bits per heavy atom. The SMILES string of the molecule is CC(C)(C)S(=O)(=O)N[C@H]1CC[C@H](c2nc(-c3ccc(F)c(F)c3)n[nH]2)CC1. The summed E-state index contributed by atoms with van der Waals surface area (Å²) in [5, 5.41) is 6.99. The highest BCUT2D eigenvalue weighted by atomic mass is 32.2. The van der Waals surface area contributed by atoms with Gasteiger partial charge >= 0.3 is 0 Å². The number of benzene rings is 1. The van der Waals surface area contributed by atoms with E-state index in [-0.39, 0.29) is 12.0 Å². The van der Waals surface area contributed by atoms with Crippen LogP contribution in [-0.2, 0) is 10.0 Å². The van der Waals surface area contributed by atoms with Gasteiger partial charge in [0, 0.05) is 17.5 Å². The van der Waals surface area contributed by atoms with Crippen LogP contribution < -0.4 is 4.72 Å². The number of aromatic nitrogens is 3. The summed E-state index contributed by atoms with van der Waals surface area (Å²) < 4.78 is 53.0. The maximum Gasteiger partial charge on any atom is 0.216 e. The summed E-state index contributed by atoms with van der Waals surface area (Å²) in [4.78, 5) is 4.42. The third kappa shape index (κ3) is 4.35. The fraction of sp³-hybridized carbons (Fsp3) is 0.556. The first-order chi connectivity index (χ1) is 12.6. The molecular weight excluding hydrogens is 374 g/mol. The number of rotatable bonds is 4. The summed E-state index contributed by atoms with van der Waals surface area (Å²) in [5.41, 5.74) is 0.406. The molecule has 1 heterocycles. The molecule has 1 fully saturated rings. The van der Waals surface area contributed by atoms with Crippen LogP contribution in [0.1, 0.15) is 58.2 Å². The lowest BCUT2D eigenvalue weighted by Gasteiger charge is -2.30. The summed E-state index contributed by atoms with van der Waals surface area (Å²) in [6, 6.07) is 3.47. The lowest BCUT2D eigenvalue weighted by molar-refractivity contribution is 0.363. The van der Waals surface area contributed by atoms with Gasteiger partial charge in [-0.25, -0.2) is 26.9 Å². The second-order valence-electron chi connectivity index (χ2n) is 7.96. The number of hydrogen-bond acceptors (Lipinski definition) is 4. The molecule has 0 atom stereocenters. The highest BCUT2D eigenvalue weighted by Gasteiger charge is 2.33. The van der Waals surface area contributed by atoms with Gasteiger partial charge in [-0.1, -0.05) is 0 Å². The minimum Gasteiger partial charge on any atom is -0.262 e. The van der Waals surface area contributed by atoms with Crippen LogP contribution in [0.5, 0.6) is 0 Å². The van der Waals surface area contributed by atoms with Crippen molar-refractivity contribution < 1.29 is 17.2 Å². The number of halogens is 2. The van der Waals surface area contributed by atoms with Crippen LogP contribution in [0, 0.1) is 11.6 Å². The molecule has 0 unspecified atom stereocenters. The quantitative estimate of drug-likeness (QED) is 0.825. The molecule has 1 saturated carbocycles. The molecule has 2 aromatic rings. The van der Waals surface area contributed by atoms with Crippen LogP contribution in [-0.4, -0.2) is 34.4 Å². The van der Waals surface area contributed by atoms with Gasteiger partial charge in [-0.05, 0) is 64.7 Å². The van der Waals surface area contributed by atoms with Gasteiger partial charge < -0.3 is 0 Å². The van der Waals surface area contributed by atoms with E-state index in [9.17, 15) is 17.2 Å². The van der Waals surface area contributed by atoms with Crippen LogP contribution in [0.25, 0.3) is 11.4 Å². The second kappa shape index (κ2) is 7.27. The number of aromatic amines is 1. The first-order valence-electron chi connectivity index (χ1n) is 8.96. The van der Waals surface area contributed by atoms with Gasteiger partial charge in [-0.15, -0.1) is 0 Å². The molecule has 6 nitrogen and oxygen atoms in total. The summed E-state index contributed by atoms with van der Waals surface area (Å²) in [6.45, 7) is 5.03. The lowest BCUT2D eigenvalue weighted by Crippen LogP contribution is -2.45. The largest absolute Gasteiger partial charge is 0.262 e. The predicted molar refractivity (Wildman–Crippen MR) is 98.5 cm³/mol. The van der Waals surface area contributed by atoms with E-state index in [1.54, 1.807) is 20.8 Å². The molecule has 1 aromatic carbocycles. The van der Waals surface area contributed by atoms with Crippen LogP contribution in [0.2, 0.25) is 0 Å². The van der Waals surface area contributed by atoms with Crippen molar-refractivity contribution in [2.45, 2.75) is 63.2 Å². The monoisotopic (exact) mass is 398 g/mol. The van der Waals surface area contributed by atoms with Crippen molar-refractivity contribution in [3.63, 3.8) is 0 Å². The zero-order valence-corrected chi connectivity index (χ0v) is 16.4. The maximum atomic E-state index is 13.4. The van der Waals surface area contributed by atoms with Crippen molar-refractivity contribution in [2.75, 3.05) is 0 Å². The summed E-state index contributed by atoms with van der Waals surface area (Å²) in [7, 11) is -3.37. The predicted octanol–water partition coefficient (Wildman–Crippen LogP) is 3.49. The fourth-order valence-electron chi connectivity index (χ4n) is 3.10. The molecule has 9 heteroatoms. The Morgan fingerprint density at radius 1 is 1.11 bits per heavy atom. The van der Waals surface area contributed by atoms with E-state index in [0.29, 0.717) is 30.1 Å². The number of H-pyrrole nitrogens is 1. The molecule has 0 spiro atoms. The van der Waals surface area contributed by atoms with Crippen molar-refractivity contribution in [1.29, 1.82) is 0 Å². The van der Waals surface area contributed by atoms with E-state index in [4.69, 9.17) is 0 Å². The number of nitrogens with one attached hydrogen (secondary N) is 2. The maximum absolute atomic E-state index is 13.4. The van der Waals surface area contributed by atoms with E-state index in [1.807, 2.05) is 0 Å². The molecule has 0 aliphatic heterocycles. The van der Waals surface area contributed by atoms with Crippen LogP contribution >= 0.6 is 0 Å². The molecule has 2 N–H and O–H groups in total. The Morgan fingerprint density at radius 2 is 1.78 bits per heavy atom. The number of sulfonamides is 1. The number of hydrogen-bond donors (Lipinski definition) is 2. The molecule has 1 aliphatic carbocycles. The summed E-state index contributed by atoms with van der Waals surface area (Å²) in [5.74, 6) is -0.714. The summed E-state index contributed by atoms with van der Waals surface area (Å²) in [6.07, 6.45) is 2.95. The molecule has 27 heavy (non-hydrogen) atoms. The molecule has 0 radical (unpaired) electrons. The van der Waals surface area contributed by atoms with E-state index < -0.39 is 26.4 Å². The lowest BCUT2D eigenvalue weighted by atomic mass is 9.86. The second-order valence-corrected chi connectivity index (χ2v) is 10.4. The average Bonchev–Trinajstić information content (AvgIpc) is 3.07. The Kier molecular flexibility index (Phi) is 5.36. The molecule has 1 aliphatic rings. The molecular formula is C18H24F2N4O2S. The smallest absolute Gasteiger partial charge is 0.216 e. The Balaban J connectivity index is 1.64. The average molecular weight is 398 g/mol. The van der Waals surface area contributed by atoms with E-state index >= 15 is 0 Å². The van der Waals surface area contributed by atoms with E-state index in [0.717, 1.165) is 25.0 Å². The Labute approximate surface area is 157 Å². The molecule has 148 valence electrons. The molecule has 1 aromatic heterocycles. The Bertz CT molecular complexity index is 914. The van der Waals surface area contributed by atoms with Gasteiger partial charge in [-0.2, -0.15) is 5.10 Å². The van der Waals surface area contributed by atoms with Gasteiger partial charge in [-0.3, -0.25) is 5.10 Å². The van der Waals surface area contributed by atoms with Gasteiger partial charge in [0.05, 0.1) is 4.75 Å². The van der Waals surface area contributed by atoms with Crippen molar-refractivity contribution >= 4 is 10.0 Å². The Hall–Kier alpha value is -1.87. The summed E-state index contributed by atoms with van der Waals surface area (Å²) >= 11 is 0. The number of nitrogens with zero attached hydrogens (tertiary/aromatic N) is 2. The highest BCUT2D eigenvalue weighted by molar-refractivity contribution is 7.90. The minimum absolute atomic E-state index is 0.0842. The van der Waals surface area contributed by atoms with Gasteiger partial charge in [0.2, 0.25) is 10.0 Å². The minimum atomic E-state index is -3.37. The van der Waals surface area contributed by atoms with Crippen molar-refractivity contribution in [3.8, 4) is 11.4 Å². The zero-order chi connectivity index (χ0) is 19.8. The molecule has 0 saturated heterocycles. The molecule has 0 bridgehead atoms. The fourth-order valence-corrected chi connectivity index (χ4v) is 4.13. The topological polar surface area (TPSA) is 87.7 Å². The highest BCUT2D eigenvalue weighted by Crippen LogP contribution is 2.32. The van der Waals surface area contributed by atoms with Crippen LogP contribution in [0.15, 0.2) is 18.2 Å². The first kappa shape index (κ1) is 19.9. The van der Waals surface area contributed by atoms with Crippen molar-refractivity contribution in [1.82, 2.24) is 19.9 Å². The first-order valence-corrected chi connectivity index (χ1v) is 10.4. The third-order valence-electron chi connectivity index (χ3n) is 4.92. The van der Waals surface area contributed by atoms with Crippen molar-refractivity contribution in [3.05, 3.63) is 35.7 Å².